The van der Waals surface area contributed by atoms with E-state index in [-0.39, 0.29) is 24.7 Å². The minimum Gasteiger partial charge on any atom is -0.369 e. The van der Waals surface area contributed by atoms with Crippen LogP contribution in [0.5, 0.6) is 0 Å². The van der Waals surface area contributed by atoms with Crippen LogP contribution in [-0.2, 0) is 9.53 Å². The van der Waals surface area contributed by atoms with E-state index in [1.807, 2.05) is 27.7 Å². The van der Waals surface area contributed by atoms with Gasteiger partial charge < -0.3 is 10.1 Å². The first-order valence-corrected chi connectivity index (χ1v) is 5.01. The molecule has 0 heterocycles. The second kappa shape index (κ2) is 6.89. The normalized spacial score (nSPS) is 15.1. The van der Waals surface area contributed by atoms with Crippen LogP contribution in [0.4, 0.5) is 0 Å². The molecule has 0 aromatic rings. The maximum atomic E-state index is 11.2. The largest absolute Gasteiger partial charge is 0.369 e. The molecule has 3 heteroatoms. The van der Waals surface area contributed by atoms with Gasteiger partial charge in [0.05, 0.1) is 6.10 Å². The lowest BCUT2D eigenvalue weighted by Crippen LogP contribution is -2.35. The predicted octanol–water partition coefficient (Wildman–Crippen LogP) is 1.72. The average molecular weight is 187 g/mol. The van der Waals surface area contributed by atoms with Gasteiger partial charge in [0.2, 0.25) is 5.91 Å². The van der Waals surface area contributed by atoms with Gasteiger partial charge in [-0.15, -0.1) is 0 Å². The zero-order chi connectivity index (χ0) is 10.3. The van der Waals surface area contributed by atoms with Gasteiger partial charge in [-0.1, -0.05) is 13.8 Å². The molecule has 0 bridgehead atoms. The van der Waals surface area contributed by atoms with Crippen molar-refractivity contribution < 1.29 is 9.53 Å². The lowest BCUT2D eigenvalue weighted by molar-refractivity contribution is -0.128. The molecule has 0 saturated heterocycles. The van der Waals surface area contributed by atoms with E-state index in [1.165, 1.54) is 0 Å². The molecule has 0 spiro atoms. The van der Waals surface area contributed by atoms with E-state index in [0.29, 0.717) is 0 Å². The van der Waals surface area contributed by atoms with E-state index < -0.39 is 0 Å². The predicted molar refractivity (Wildman–Crippen MR) is 53.6 cm³/mol. The maximum absolute atomic E-state index is 11.2. The summed E-state index contributed by atoms with van der Waals surface area (Å²) < 4.78 is 5.29. The first kappa shape index (κ1) is 12.4. The minimum absolute atomic E-state index is 0.0188. The molecule has 0 aromatic carbocycles. The second-order valence-electron chi connectivity index (χ2n) is 3.41. The topological polar surface area (TPSA) is 38.3 Å². The summed E-state index contributed by atoms with van der Waals surface area (Å²) in [5.41, 5.74) is 0. The van der Waals surface area contributed by atoms with Crippen molar-refractivity contribution in [3.8, 4) is 0 Å². The first-order valence-electron chi connectivity index (χ1n) is 5.01. The second-order valence-corrected chi connectivity index (χ2v) is 3.41. The molecule has 0 aliphatic rings. The Labute approximate surface area is 80.8 Å². The number of carbonyl (C=O) groups is 1. The highest BCUT2D eigenvalue weighted by atomic mass is 16.5. The third-order valence-electron chi connectivity index (χ3n) is 2.09. The van der Waals surface area contributed by atoms with Crippen LogP contribution < -0.4 is 5.32 Å². The highest BCUT2D eigenvalue weighted by Gasteiger charge is 2.06. The van der Waals surface area contributed by atoms with Crippen LogP contribution in [0.2, 0.25) is 0 Å². The summed E-state index contributed by atoms with van der Waals surface area (Å²) in [5.74, 6) is -0.0188. The molecule has 13 heavy (non-hydrogen) atoms. The molecule has 1 amide bonds. The Bertz CT molecular complexity index is 148. The summed E-state index contributed by atoms with van der Waals surface area (Å²) in [7, 11) is 0. The van der Waals surface area contributed by atoms with Crippen molar-refractivity contribution in [1.29, 1.82) is 0 Å². The Balaban J connectivity index is 3.51. The smallest absolute Gasteiger partial charge is 0.246 e. The summed E-state index contributed by atoms with van der Waals surface area (Å²) in [6.07, 6.45) is 2.06. The minimum atomic E-state index is -0.0188. The molecule has 78 valence electrons. The van der Waals surface area contributed by atoms with Crippen molar-refractivity contribution in [3.05, 3.63) is 0 Å². The molecule has 0 rings (SSSR count). The summed E-state index contributed by atoms with van der Waals surface area (Å²) >= 11 is 0. The molecule has 0 aliphatic heterocycles. The number of nitrogens with one attached hydrogen (secondary N) is 1. The molecule has 0 fully saturated rings. The fourth-order valence-corrected chi connectivity index (χ4v) is 0.754. The number of amides is 1. The van der Waals surface area contributed by atoms with Crippen molar-refractivity contribution in [2.24, 2.45) is 0 Å². The third kappa shape index (κ3) is 6.58. The zero-order valence-electron chi connectivity index (χ0n) is 9.09. The molecular weight excluding hydrogens is 166 g/mol. The van der Waals surface area contributed by atoms with Gasteiger partial charge in [0.15, 0.2) is 0 Å². The molecule has 0 aromatic heterocycles. The number of rotatable bonds is 6. The lowest BCUT2D eigenvalue weighted by atomic mass is 10.2. The van der Waals surface area contributed by atoms with Crippen LogP contribution in [0.1, 0.15) is 40.5 Å². The Morgan fingerprint density at radius 3 is 2.38 bits per heavy atom. The Kier molecular flexibility index (Phi) is 6.59. The van der Waals surface area contributed by atoms with Crippen LogP contribution in [0, 0.1) is 0 Å². The van der Waals surface area contributed by atoms with Gasteiger partial charge in [-0.3, -0.25) is 4.79 Å². The van der Waals surface area contributed by atoms with Crippen LogP contribution in [0.25, 0.3) is 0 Å². The van der Waals surface area contributed by atoms with E-state index in [9.17, 15) is 4.79 Å². The van der Waals surface area contributed by atoms with Crippen molar-refractivity contribution in [1.82, 2.24) is 5.32 Å². The van der Waals surface area contributed by atoms with Crippen LogP contribution in [0.3, 0.4) is 0 Å². The van der Waals surface area contributed by atoms with E-state index in [2.05, 4.69) is 5.32 Å². The molecule has 1 N–H and O–H groups in total. The van der Waals surface area contributed by atoms with E-state index in [0.717, 1.165) is 12.8 Å². The van der Waals surface area contributed by atoms with Crippen LogP contribution >= 0.6 is 0 Å². The summed E-state index contributed by atoms with van der Waals surface area (Å²) in [5, 5.41) is 2.85. The van der Waals surface area contributed by atoms with Gasteiger partial charge >= 0.3 is 0 Å². The summed E-state index contributed by atoms with van der Waals surface area (Å²) in [6.45, 7) is 8.22. The Morgan fingerprint density at radius 1 is 1.31 bits per heavy atom. The van der Waals surface area contributed by atoms with Crippen LogP contribution in [-0.4, -0.2) is 24.7 Å². The summed E-state index contributed by atoms with van der Waals surface area (Å²) in [4.78, 5) is 11.2. The number of hydrogen-bond donors (Lipinski definition) is 1. The van der Waals surface area contributed by atoms with E-state index in [4.69, 9.17) is 4.74 Å². The van der Waals surface area contributed by atoms with Gasteiger partial charge in [0.1, 0.15) is 6.61 Å². The van der Waals surface area contributed by atoms with Crippen LogP contribution in [0.15, 0.2) is 0 Å². The quantitative estimate of drug-likeness (QED) is 0.687. The first-order chi connectivity index (χ1) is 6.10. The molecular formula is C10H21NO2. The summed E-state index contributed by atoms with van der Waals surface area (Å²) in [6, 6.07) is 0.244. The molecule has 3 nitrogen and oxygen atoms in total. The van der Waals surface area contributed by atoms with Crippen molar-refractivity contribution in [2.75, 3.05) is 6.61 Å². The number of carbonyl (C=O) groups excluding carboxylic acids is 1. The molecule has 2 atom stereocenters. The Hall–Kier alpha value is -0.570. The SMILES string of the molecule is CCC(C)NC(=O)COC(C)CC. The van der Waals surface area contributed by atoms with Gasteiger partial charge in [0, 0.05) is 6.04 Å². The lowest BCUT2D eigenvalue weighted by Gasteiger charge is -2.13. The number of hydrogen-bond acceptors (Lipinski definition) is 2. The van der Waals surface area contributed by atoms with Crippen molar-refractivity contribution in [3.63, 3.8) is 0 Å². The maximum Gasteiger partial charge on any atom is 0.246 e. The highest BCUT2D eigenvalue weighted by Crippen LogP contribution is 1.95. The fraction of sp³-hybridized carbons (Fsp3) is 0.900. The molecule has 0 saturated carbocycles. The number of ether oxygens (including phenoxy) is 1. The van der Waals surface area contributed by atoms with Gasteiger partial charge in [0.25, 0.3) is 0 Å². The van der Waals surface area contributed by atoms with Gasteiger partial charge in [-0.25, -0.2) is 0 Å². The molecule has 0 radical (unpaired) electrons. The van der Waals surface area contributed by atoms with Gasteiger partial charge in [-0.2, -0.15) is 0 Å². The molecule has 0 aliphatic carbocycles. The van der Waals surface area contributed by atoms with E-state index in [1.54, 1.807) is 0 Å². The fourth-order valence-electron chi connectivity index (χ4n) is 0.754. The zero-order valence-corrected chi connectivity index (χ0v) is 9.09. The van der Waals surface area contributed by atoms with E-state index >= 15 is 0 Å². The monoisotopic (exact) mass is 187 g/mol. The van der Waals surface area contributed by atoms with Gasteiger partial charge in [-0.05, 0) is 26.7 Å². The third-order valence-corrected chi connectivity index (χ3v) is 2.09. The van der Waals surface area contributed by atoms with Crippen molar-refractivity contribution in [2.45, 2.75) is 52.7 Å². The standard InChI is InChI=1S/C10H21NO2/c1-5-8(3)11-10(12)7-13-9(4)6-2/h8-9H,5-7H2,1-4H3,(H,11,12). The average Bonchev–Trinajstić information content (AvgIpc) is 2.13. The Morgan fingerprint density at radius 2 is 1.92 bits per heavy atom. The highest BCUT2D eigenvalue weighted by molar-refractivity contribution is 5.77. The van der Waals surface area contributed by atoms with Crippen molar-refractivity contribution >= 4 is 5.91 Å². The molecule has 2 unspecified atom stereocenters.